The van der Waals surface area contributed by atoms with Gasteiger partial charge in [-0.15, -0.1) is 0 Å². The summed E-state index contributed by atoms with van der Waals surface area (Å²) in [4.78, 5) is 12.5. The SMILES string of the molecule is CC(NC(=O)[C@H]1CCN[C@@H](C)C1)c1ccc2ccccc2c1. The predicted octanol–water partition coefficient (Wildman–Crippen LogP) is 3.41. The van der Waals surface area contributed by atoms with Gasteiger partial charge >= 0.3 is 0 Å². The molecule has 3 heteroatoms. The van der Waals surface area contributed by atoms with Crippen LogP contribution in [-0.4, -0.2) is 18.5 Å². The summed E-state index contributed by atoms with van der Waals surface area (Å²) < 4.78 is 0. The van der Waals surface area contributed by atoms with Crippen molar-refractivity contribution in [3.63, 3.8) is 0 Å². The van der Waals surface area contributed by atoms with Crippen molar-refractivity contribution in [2.45, 2.75) is 38.8 Å². The van der Waals surface area contributed by atoms with E-state index in [2.05, 4.69) is 54.8 Å². The highest BCUT2D eigenvalue weighted by Crippen LogP contribution is 2.22. The van der Waals surface area contributed by atoms with Gasteiger partial charge in [0.15, 0.2) is 0 Å². The van der Waals surface area contributed by atoms with Crippen molar-refractivity contribution >= 4 is 16.7 Å². The van der Waals surface area contributed by atoms with E-state index < -0.39 is 0 Å². The standard InChI is InChI=1S/C19H24N2O/c1-13-11-18(9-10-20-13)19(22)21-14(2)16-8-7-15-5-3-4-6-17(15)12-16/h3-8,12-14,18,20H,9-11H2,1-2H3,(H,21,22)/t13-,14?,18-/m0/s1. The highest BCUT2D eigenvalue weighted by Gasteiger charge is 2.25. The Labute approximate surface area is 132 Å². The van der Waals surface area contributed by atoms with Crippen LogP contribution in [0.3, 0.4) is 0 Å². The fourth-order valence-electron chi connectivity index (χ4n) is 3.26. The summed E-state index contributed by atoms with van der Waals surface area (Å²) in [5.74, 6) is 0.327. The molecule has 0 aliphatic carbocycles. The number of fused-ring (bicyclic) bond motifs is 1. The first kappa shape index (κ1) is 15.0. The predicted molar refractivity (Wildman–Crippen MR) is 90.7 cm³/mol. The van der Waals surface area contributed by atoms with E-state index in [1.807, 2.05) is 12.1 Å². The minimum atomic E-state index is 0.0438. The Hall–Kier alpha value is -1.87. The Morgan fingerprint density at radius 2 is 2.00 bits per heavy atom. The van der Waals surface area contributed by atoms with E-state index in [0.29, 0.717) is 6.04 Å². The molecule has 0 radical (unpaired) electrons. The molecule has 2 N–H and O–H groups in total. The van der Waals surface area contributed by atoms with Gasteiger partial charge in [0.2, 0.25) is 5.91 Å². The number of piperidine rings is 1. The monoisotopic (exact) mass is 296 g/mol. The molecule has 1 aliphatic rings. The number of carbonyl (C=O) groups is 1. The summed E-state index contributed by atoms with van der Waals surface area (Å²) in [7, 11) is 0. The summed E-state index contributed by atoms with van der Waals surface area (Å²) in [5.41, 5.74) is 1.16. The van der Waals surface area contributed by atoms with Crippen LogP contribution in [0.15, 0.2) is 42.5 Å². The maximum absolute atomic E-state index is 12.5. The maximum Gasteiger partial charge on any atom is 0.223 e. The number of rotatable bonds is 3. The lowest BCUT2D eigenvalue weighted by atomic mass is 9.92. The number of amides is 1. The lowest BCUT2D eigenvalue weighted by Gasteiger charge is -2.28. The van der Waals surface area contributed by atoms with Gasteiger partial charge in [-0.2, -0.15) is 0 Å². The molecular weight excluding hydrogens is 272 g/mol. The quantitative estimate of drug-likeness (QED) is 0.911. The van der Waals surface area contributed by atoms with E-state index in [1.54, 1.807) is 0 Å². The second-order valence-corrected chi connectivity index (χ2v) is 6.41. The Kier molecular flexibility index (Phi) is 4.44. The van der Waals surface area contributed by atoms with Crippen molar-refractivity contribution in [3.8, 4) is 0 Å². The summed E-state index contributed by atoms with van der Waals surface area (Å²) >= 11 is 0. The van der Waals surface area contributed by atoms with Crippen molar-refractivity contribution in [1.29, 1.82) is 0 Å². The molecule has 22 heavy (non-hydrogen) atoms. The van der Waals surface area contributed by atoms with Gasteiger partial charge in [-0.05, 0) is 55.6 Å². The fourth-order valence-corrected chi connectivity index (χ4v) is 3.26. The van der Waals surface area contributed by atoms with Gasteiger partial charge in [0.25, 0.3) is 0 Å². The van der Waals surface area contributed by atoms with E-state index in [1.165, 1.54) is 10.8 Å². The molecule has 0 aromatic heterocycles. The van der Waals surface area contributed by atoms with Crippen LogP contribution in [0.4, 0.5) is 0 Å². The van der Waals surface area contributed by atoms with Crippen LogP contribution >= 0.6 is 0 Å². The minimum Gasteiger partial charge on any atom is -0.349 e. The van der Waals surface area contributed by atoms with E-state index in [9.17, 15) is 4.79 Å². The molecule has 1 saturated heterocycles. The van der Waals surface area contributed by atoms with Crippen molar-refractivity contribution < 1.29 is 4.79 Å². The van der Waals surface area contributed by atoms with Gasteiger partial charge < -0.3 is 10.6 Å². The molecule has 1 unspecified atom stereocenters. The number of nitrogens with one attached hydrogen (secondary N) is 2. The second kappa shape index (κ2) is 6.49. The highest BCUT2D eigenvalue weighted by atomic mass is 16.1. The van der Waals surface area contributed by atoms with Crippen molar-refractivity contribution in [1.82, 2.24) is 10.6 Å². The molecule has 3 rings (SSSR count). The largest absolute Gasteiger partial charge is 0.349 e. The zero-order chi connectivity index (χ0) is 15.5. The smallest absolute Gasteiger partial charge is 0.223 e. The lowest BCUT2D eigenvalue weighted by Crippen LogP contribution is -2.42. The fraction of sp³-hybridized carbons (Fsp3) is 0.421. The zero-order valence-electron chi connectivity index (χ0n) is 13.3. The van der Waals surface area contributed by atoms with Gasteiger partial charge in [-0.25, -0.2) is 0 Å². The number of benzene rings is 2. The molecule has 0 bridgehead atoms. The molecule has 0 spiro atoms. The normalized spacial score (nSPS) is 23.2. The Balaban J connectivity index is 1.69. The zero-order valence-corrected chi connectivity index (χ0v) is 13.3. The van der Waals surface area contributed by atoms with E-state index >= 15 is 0 Å². The molecular formula is C19H24N2O. The maximum atomic E-state index is 12.5. The number of hydrogen-bond donors (Lipinski definition) is 2. The molecule has 0 saturated carbocycles. The summed E-state index contributed by atoms with van der Waals surface area (Å²) in [6, 6.07) is 15.2. The van der Waals surface area contributed by atoms with Crippen molar-refractivity contribution in [2.24, 2.45) is 5.92 Å². The van der Waals surface area contributed by atoms with Crippen LogP contribution in [-0.2, 0) is 4.79 Å². The molecule has 116 valence electrons. The van der Waals surface area contributed by atoms with Gasteiger partial charge in [0.05, 0.1) is 6.04 Å². The Bertz CT molecular complexity index is 667. The van der Waals surface area contributed by atoms with Crippen molar-refractivity contribution in [2.75, 3.05) is 6.54 Å². The average Bonchev–Trinajstić information content (AvgIpc) is 2.54. The molecule has 1 amide bonds. The van der Waals surface area contributed by atoms with Crippen LogP contribution in [0, 0.1) is 5.92 Å². The Morgan fingerprint density at radius 3 is 2.77 bits per heavy atom. The van der Waals surface area contributed by atoms with Gasteiger partial charge in [0, 0.05) is 12.0 Å². The van der Waals surface area contributed by atoms with Gasteiger partial charge in [-0.1, -0.05) is 36.4 Å². The molecule has 3 atom stereocenters. The summed E-state index contributed by atoms with van der Waals surface area (Å²) in [5, 5.41) is 9.03. The number of carbonyl (C=O) groups excluding carboxylic acids is 1. The topological polar surface area (TPSA) is 41.1 Å². The highest BCUT2D eigenvalue weighted by molar-refractivity contribution is 5.83. The third-order valence-corrected chi connectivity index (χ3v) is 4.63. The second-order valence-electron chi connectivity index (χ2n) is 6.41. The van der Waals surface area contributed by atoms with Crippen molar-refractivity contribution in [3.05, 3.63) is 48.0 Å². The minimum absolute atomic E-state index is 0.0438. The third kappa shape index (κ3) is 3.30. The molecule has 1 heterocycles. The van der Waals surface area contributed by atoms with Crippen LogP contribution in [0.1, 0.15) is 38.3 Å². The van der Waals surface area contributed by atoms with E-state index in [-0.39, 0.29) is 17.9 Å². The van der Waals surface area contributed by atoms with Crippen LogP contribution < -0.4 is 10.6 Å². The molecule has 3 nitrogen and oxygen atoms in total. The van der Waals surface area contributed by atoms with Gasteiger partial charge in [0.1, 0.15) is 0 Å². The molecule has 2 aromatic rings. The summed E-state index contributed by atoms with van der Waals surface area (Å²) in [6.07, 6.45) is 1.86. The molecule has 1 aliphatic heterocycles. The average molecular weight is 296 g/mol. The van der Waals surface area contributed by atoms with Gasteiger partial charge in [-0.3, -0.25) is 4.79 Å². The lowest BCUT2D eigenvalue weighted by molar-refractivity contribution is -0.126. The third-order valence-electron chi connectivity index (χ3n) is 4.63. The first-order valence-electron chi connectivity index (χ1n) is 8.16. The summed E-state index contributed by atoms with van der Waals surface area (Å²) in [6.45, 7) is 5.14. The molecule has 1 fully saturated rings. The van der Waals surface area contributed by atoms with Crippen LogP contribution in [0.2, 0.25) is 0 Å². The first-order chi connectivity index (χ1) is 10.6. The number of hydrogen-bond acceptors (Lipinski definition) is 2. The Morgan fingerprint density at radius 1 is 1.23 bits per heavy atom. The van der Waals surface area contributed by atoms with Crippen LogP contribution in [0.25, 0.3) is 10.8 Å². The molecule has 2 aromatic carbocycles. The van der Waals surface area contributed by atoms with E-state index in [4.69, 9.17) is 0 Å². The van der Waals surface area contributed by atoms with Crippen LogP contribution in [0.5, 0.6) is 0 Å². The van der Waals surface area contributed by atoms with E-state index in [0.717, 1.165) is 24.9 Å². The first-order valence-corrected chi connectivity index (χ1v) is 8.16.